The number of benzene rings is 1. The van der Waals surface area contributed by atoms with Crippen LogP contribution in [0.25, 0.3) is 5.69 Å². The van der Waals surface area contributed by atoms with Crippen molar-refractivity contribution >= 4 is 11.9 Å². The fourth-order valence-corrected chi connectivity index (χ4v) is 3.57. The molecule has 2 heterocycles. The molecule has 28 heavy (non-hydrogen) atoms. The third-order valence-electron chi connectivity index (χ3n) is 4.97. The van der Waals surface area contributed by atoms with E-state index in [1.54, 1.807) is 17.0 Å². The third kappa shape index (κ3) is 4.37. The number of amides is 1. The first-order valence-corrected chi connectivity index (χ1v) is 9.62. The molecule has 150 valence electrons. The summed E-state index contributed by atoms with van der Waals surface area (Å²) in [6, 6.07) is 5.88. The lowest BCUT2D eigenvalue weighted by atomic mass is 9.98. The molecule has 0 bridgehead atoms. The van der Waals surface area contributed by atoms with E-state index in [0.29, 0.717) is 24.5 Å². The SMILES string of the molecule is CC(C)c1nc(C(=O)N2CCCC[C@@H]2CCC(=O)O)nn1-c1cccc(F)c1. The number of piperidine rings is 1. The fraction of sp³-hybridized carbons (Fsp3) is 0.500. The Balaban J connectivity index is 1.90. The molecule has 1 amide bonds. The van der Waals surface area contributed by atoms with Crippen LogP contribution in [-0.2, 0) is 4.79 Å². The second-order valence-corrected chi connectivity index (χ2v) is 7.42. The van der Waals surface area contributed by atoms with Gasteiger partial charge in [0.25, 0.3) is 5.91 Å². The Labute approximate surface area is 163 Å². The Morgan fingerprint density at radius 1 is 1.32 bits per heavy atom. The second kappa shape index (κ2) is 8.50. The molecule has 1 saturated heterocycles. The fourth-order valence-electron chi connectivity index (χ4n) is 3.57. The highest BCUT2D eigenvalue weighted by atomic mass is 19.1. The molecule has 1 N–H and O–H groups in total. The van der Waals surface area contributed by atoms with Gasteiger partial charge >= 0.3 is 5.97 Å². The maximum Gasteiger partial charge on any atom is 0.303 e. The number of carboxylic acid groups (broad SMARTS) is 1. The van der Waals surface area contributed by atoms with E-state index in [1.807, 2.05) is 13.8 Å². The first-order valence-electron chi connectivity index (χ1n) is 9.62. The van der Waals surface area contributed by atoms with Crippen molar-refractivity contribution in [3.63, 3.8) is 0 Å². The molecule has 0 radical (unpaired) electrons. The number of rotatable bonds is 6. The number of hydrogen-bond donors (Lipinski definition) is 1. The van der Waals surface area contributed by atoms with E-state index in [0.717, 1.165) is 19.3 Å². The zero-order valence-electron chi connectivity index (χ0n) is 16.1. The van der Waals surface area contributed by atoms with Gasteiger partial charge in [-0.15, -0.1) is 5.10 Å². The summed E-state index contributed by atoms with van der Waals surface area (Å²) in [6.07, 6.45) is 3.06. The van der Waals surface area contributed by atoms with Crippen LogP contribution in [0.3, 0.4) is 0 Å². The first-order chi connectivity index (χ1) is 13.4. The smallest absolute Gasteiger partial charge is 0.303 e. The van der Waals surface area contributed by atoms with Crippen LogP contribution in [-0.4, -0.2) is 49.2 Å². The van der Waals surface area contributed by atoms with Crippen LogP contribution < -0.4 is 0 Å². The normalized spacial score (nSPS) is 17.1. The number of carbonyl (C=O) groups is 2. The van der Waals surface area contributed by atoms with Gasteiger partial charge in [-0.1, -0.05) is 19.9 Å². The Morgan fingerprint density at radius 3 is 2.79 bits per heavy atom. The molecule has 0 saturated carbocycles. The molecular weight excluding hydrogens is 363 g/mol. The number of nitrogens with zero attached hydrogens (tertiary/aromatic N) is 4. The Bertz CT molecular complexity index is 865. The summed E-state index contributed by atoms with van der Waals surface area (Å²) < 4.78 is 15.2. The largest absolute Gasteiger partial charge is 0.481 e. The molecule has 0 spiro atoms. The molecule has 2 aromatic rings. The van der Waals surface area contributed by atoms with Crippen molar-refractivity contribution in [2.45, 2.75) is 57.9 Å². The van der Waals surface area contributed by atoms with Crippen LogP contribution in [0, 0.1) is 5.82 Å². The standard InChI is InChI=1S/C20H25FN4O3/c1-13(2)19-22-18(23-25(19)16-8-5-6-14(21)12-16)20(28)24-11-4-3-7-15(24)9-10-17(26)27/h5-6,8,12-13,15H,3-4,7,9-11H2,1-2H3,(H,26,27)/t15-/m1/s1. The van der Waals surface area contributed by atoms with E-state index < -0.39 is 5.97 Å². The van der Waals surface area contributed by atoms with Crippen LogP contribution in [0.15, 0.2) is 24.3 Å². The van der Waals surface area contributed by atoms with Gasteiger partial charge in [0.1, 0.15) is 11.6 Å². The number of aromatic nitrogens is 3. The molecule has 0 unspecified atom stereocenters. The quantitative estimate of drug-likeness (QED) is 0.819. The number of aliphatic carboxylic acids is 1. The van der Waals surface area contributed by atoms with Gasteiger partial charge in [-0.2, -0.15) is 0 Å². The molecule has 7 nitrogen and oxygen atoms in total. The van der Waals surface area contributed by atoms with E-state index in [2.05, 4.69) is 10.1 Å². The summed E-state index contributed by atoms with van der Waals surface area (Å²) in [4.78, 5) is 30.2. The van der Waals surface area contributed by atoms with Crippen molar-refractivity contribution in [1.29, 1.82) is 0 Å². The lowest BCUT2D eigenvalue weighted by molar-refractivity contribution is -0.137. The van der Waals surface area contributed by atoms with Crippen LogP contribution in [0.2, 0.25) is 0 Å². The summed E-state index contributed by atoms with van der Waals surface area (Å²) in [5.74, 6) is -0.925. The van der Waals surface area contributed by atoms with Gasteiger partial charge in [0.05, 0.1) is 5.69 Å². The Kier molecular flexibility index (Phi) is 6.06. The topological polar surface area (TPSA) is 88.3 Å². The summed E-state index contributed by atoms with van der Waals surface area (Å²) in [5.41, 5.74) is 0.510. The van der Waals surface area contributed by atoms with Crippen LogP contribution >= 0.6 is 0 Å². The van der Waals surface area contributed by atoms with Crippen molar-refractivity contribution < 1.29 is 19.1 Å². The number of likely N-dealkylation sites (tertiary alicyclic amines) is 1. The predicted octanol–water partition coefficient (Wildman–Crippen LogP) is 3.39. The highest BCUT2D eigenvalue weighted by Crippen LogP contribution is 2.24. The molecule has 1 atom stereocenters. The van der Waals surface area contributed by atoms with Crippen molar-refractivity contribution in [1.82, 2.24) is 19.7 Å². The van der Waals surface area contributed by atoms with Crippen molar-refractivity contribution in [3.8, 4) is 5.69 Å². The molecule has 8 heteroatoms. The molecule has 0 aliphatic carbocycles. The number of halogens is 1. The van der Waals surface area contributed by atoms with Gasteiger partial charge in [-0.3, -0.25) is 9.59 Å². The lowest BCUT2D eigenvalue weighted by Gasteiger charge is -2.34. The summed E-state index contributed by atoms with van der Waals surface area (Å²) in [6.45, 7) is 4.43. The van der Waals surface area contributed by atoms with E-state index in [-0.39, 0.29) is 35.9 Å². The number of carboxylic acids is 1. The van der Waals surface area contributed by atoms with Gasteiger partial charge in [-0.05, 0) is 43.9 Å². The maximum atomic E-state index is 13.7. The molecular formula is C20H25FN4O3. The van der Waals surface area contributed by atoms with Crippen LogP contribution in [0.4, 0.5) is 4.39 Å². The Morgan fingerprint density at radius 2 is 2.11 bits per heavy atom. The summed E-state index contributed by atoms with van der Waals surface area (Å²) >= 11 is 0. The minimum absolute atomic E-state index is 0.0125. The number of carbonyl (C=O) groups excluding carboxylic acids is 1. The minimum Gasteiger partial charge on any atom is -0.481 e. The van der Waals surface area contributed by atoms with Gasteiger partial charge in [0.15, 0.2) is 0 Å². The van der Waals surface area contributed by atoms with Crippen molar-refractivity contribution in [2.75, 3.05) is 6.54 Å². The van der Waals surface area contributed by atoms with Gasteiger partial charge < -0.3 is 10.0 Å². The predicted molar refractivity (Wildman–Crippen MR) is 101 cm³/mol. The maximum absolute atomic E-state index is 13.7. The van der Waals surface area contributed by atoms with Crippen LogP contribution in [0.1, 0.15) is 68.3 Å². The molecule has 1 aromatic heterocycles. The molecule has 3 rings (SSSR count). The average molecular weight is 388 g/mol. The van der Waals surface area contributed by atoms with E-state index >= 15 is 0 Å². The van der Waals surface area contributed by atoms with E-state index in [4.69, 9.17) is 5.11 Å². The molecule has 1 aliphatic rings. The molecule has 1 aliphatic heterocycles. The highest BCUT2D eigenvalue weighted by Gasteiger charge is 2.31. The van der Waals surface area contributed by atoms with Gasteiger partial charge in [0, 0.05) is 24.9 Å². The summed E-state index contributed by atoms with van der Waals surface area (Å²) in [5, 5.41) is 13.4. The van der Waals surface area contributed by atoms with E-state index in [1.165, 1.54) is 16.8 Å². The lowest BCUT2D eigenvalue weighted by Crippen LogP contribution is -2.44. The van der Waals surface area contributed by atoms with Crippen molar-refractivity contribution in [2.24, 2.45) is 0 Å². The zero-order chi connectivity index (χ0) is 20.3. The minimum atomic E-state index is -0.867. The van der Waals surface area contributed by atoms with Gasteiger partial charge in [0.2, 0.25) is 5.82 Å². The highest BCUT2D eigenvalue weighted by molar-refractivity contribution is 5.90. The first kappa shape index (κ1) is 20.0. The zero-order valence-corrected chi connectivity index (χ0v) is 16.1. The molecule has 1 aromatic carbocycles. The third-order valence-corrected chi connectivity index (χ3v) is 4.97. The van der Waals surface area contributed by atoms with E-state index in [9.17, 15) is 14.0 Å². The monoisotopic (exact) mass is 388 g/mol. The van der Waals surface area contributed by atoms with Gasteiger partial charge in [-0.25, -0.2) is 14.1 Å². The van der Waals surface area contributed by atoms with Crippen molar-refractivity contribution in [3.05, 3.63) is 41.7 Å². The van der Waals surface area contributed by atoms with Crippen LogP contribution in [0.5, 0.6) is 0 Å². The number of hydrogen-bond acceptors (Lipinski definition) is 4. The second-order valence-electron chi connectivity index (χ2n) is 7.42. The molecule has 1 fully saturated rings. The average Bonchev–Trinajstić information content (AvgIpc) is 3.12. The summed E-state index contributed by atoms with van der Waals surface area (Å²) in [7, 11) is 0. The Hall–Kier alpha value is -2.77.